The predicted molar refractivity (Wildman–Crippen MR) is 86.1 cm³/mol. The lowest BCUT2D eigenvalue weighted by molar-refractivity contribution is 0.0923. The summed E-state index contributed by atoms with van der Waals surface area (Å²) in [4.78, 5) is 9.73. The van der Waals surface area contributed by atoms with Crippen LogP contribution in [-0.4, -0.2) is 59.0 Å². The van der Waals surface area contributed by atoms with Crippen molar-refractivity contribution in [1.29, 1.82) is 0 Å². The van der Waals surface area contributed by atoms with E-state index in [-0.39, 0.29) is 0 Å². The Morgan fingerprint density at radius 3 is 2.80 bits per heavy atom. The molecule has 2 aliphatic rings. The fourth-order valence-electron chi connectivity index (χ4n) is 3.24. The first kappa shape index (κ1) is 14.4. The highest BCUT2D eigenvalue weighted by Crippen LogP contribution is 2.25. The number of pyridine rings is 1. The van der Waals surface area contributed by atoms with Crippen molar-refractivity contribution in [1.82, 2.24) is 14.8 Å². The maximum Gasteiger partial charge on any atom is 0.0572 e. The van der Waals surface area contributed by atoms with E-state index in [0.717, 1.165) is 5.92 Å². The Bertz CT molecular complexity index is 397. The Morgan fingerprint density at radius 1 is 1.30 bits per heavy atom. The van der Waals surface area contributed by atoms with E-state index in [9.17, 15) is 0 Å². The largest absolute Gasteiger partial charge is 0.300 e. The van der Waals surface area contributed by atoms with Gasteiger partial charge in [0.05, 0.1) is 5.69 Å². The molecule has 1 aromatic heterocycles. The summed E-state index contributed by atoms with van der Waals surface area (Å²) in [5.41, 5.74) is 1.20. The van der Waals surface area contributed by atoms with Crippen molar-refractivity contribution in [2.75, 3.05) is 44.2 Å². The molecule has 2 fully saturated rings. The molecule has 110 valence electrons. The molecule has 1 aromatic rings. The van der Waals surface area contributed by atoms with Crippen LogP contribution in [0.5, 0.6) is 0 Å². The maximum atomic E-state index is 4.50. The third-order valence-corrected chi connectivity index (χ3v) is 5.84. The van der Waals surface area contributed by atoms with E-state index in [1.165, 1.54) is 56.3 Å². The molecule has 2 unspecified atom stereocenters. The molecule has 0 amide bonds. The summed E-state index contributed by atoms with van der Waals surface area (Å²) in [7, 11) is 0. The summed E-state index contributed by atoms with van der Waals surface area (Å²) >= 11 is 2.13. The van der Waals surface area contributed by atoms with Gasteiger partial charge < -0.3 is 4.90 Å². The zero-order valence-electron chi connectivity index (χ0n) is 12.4. The topological polar surface area (TPSA) is 19.4 Å². The molecule has 20 heavy (non-hydrogen) atoms. The van der Waals surface area contributed by atoms with Gasteiger partial charge in [-0.1, -0.05) is 6.07 Å². The first-order valence-corrected chi connectivity index (χ1v) is 8.93. The Hall–Kier alpha value is -0.580. The Kier molecular flexibility index (Phi) is 4.97. The van der Waals surface area contributed by atoms with Gasteiger partial charge in [0.25, 0.3) is 0 Å². The lowest BCUT2D eigenvalue weighted by Crippen LogP contribution is -2.48. The first-order valence-electron chi connectivity index (χ1n) is 7.78. The molecule has 2 atom stereocenters. The molecule has 0 bridgehead atoms. The molecule has 3 heterocycles. The van der Waals surface area contributed by atoms with Gasteiger partial charge >= 0.3 is 0 Å². The van der Waals surface area contributed by atoms with Gasteiger partial charge in [0.2, 0.25) is 0 Å². The van der Waals surface area contributed by atoms with Gasteiger partial charge in [-0.25, -0.2) is 0 Å². The van der Waals surface area contributed by atoms with Crippen LogP contribution in [0.25, 0.3) is 0 Å². The lowest BCUT2D eigenvalue weighted by Gasteiger charge is -2.38. The summed E-state index contributed by atoms with van der Waals surface area (Å²) in [5.74, 6) is 3.70. The number of thioether (sulfide) groups is 1. The second-order valence-electron chi connectivity index (χ2n) is 6.00. The average molecular weight is 291 g/mol. The lowest BCUT2D eigenvalue weighted by atomic mass is 10.1. The van der Waals surface area contributed by atoms with Crippen LogP contribution in [-0.2, 0) is 0 Å². The highest BCUT2D eigenvalue weighted by Gasteiger charge is 2.25. The van der Waals surface area contributed by atoms with Crippen molar-refractivity contribution in [3.8, 4) is 0 Å². The predicted octanol–water partition coefficient (Wildman–Crippen LogP) is 2.51. The monoisotopic (exact) mass is 291 g/mol. The minimum absolute atomic E-state index is 0.445. The van der Waals surface area contributed by atoms with E-state index < -0.39 is 0 Å². The van der Waals surface area contributed by atoms with Crippen molar-refractivity contribution in [2.45, 2.75) is 19.4 Å². The first-order chi connectivity index (χ1) is 9.83. The molecule has 0 aliphatic carbocycles. The summed E-state index contributed by atoms with van der Waals surface area (Å²) in [5, 5.41) is 0. The zero-order valence-corrected chi connectivity index (χ0v) is 13.2. The highest BCUT2D eigenvalue weighted by atomic mass is 32.2. The van der Waals surface area contributed by atoms with Crippen LogP contribution >= 0.6 is 11.8 Å². The Morgan fingerprint density at radius 2 is 2.15 bits per heavy atom. The van der Waals surface area contributed by atoms with Crippen molar-refractivity contribution < 1.29 is 0 Å². The SMILES string of the molecule is CC(c1ccccn1)N1CCN(CC2CCSC2)CC1. The average Bonchev–Trinajstić information content (AvgIpc) is 3.01. The fourth-order valence-corrected chi connectivity index (χ4v) is 4.51. The van der Waals surface area contributed by atoms with Crippen molar-refractivity contribution >= 4 is 11.8 Å². The van der Waals surface area contributed by atoms with E-state index in [0.29, 0.717) is 6.04 Å². The molecule has 0 spiro atoms. The molecule has 0 saturated carbocycles. The van der Waals surface area contributed by atoms with Gasteiger partial charge in [0, 0.05) is 45.0 Å². The van der Waals surface area contributed by atoms with Crippen LogP contribution in [0.2, 0.25) is 0 Å². The number of piperazine rings is 1. The van der Waals surface area contributed by atoms with Crippen LogP contribution in [0.4, 0.5) is 0 Å². The van der Waals surface area contributed by atoms with Crippen molar-refractivity contribution in [3.63, 3.8) is 0 Å². The van der Waals surface area contributed by atoms with Crippen LogP contribution in [0.1, 0.15) is 25.1 Å². The minimum Gasteiger partial charge on any atom is -0.300 e. The molecule has 0 N–H and O–H groups in total. The van der Waals surface area contributed by atoms with Gasteiger partial charge in [-0.2, -0.15) is 11.8 Å². The molecule has 4 heteroatoms. The Labute approximate surface area is 126 Å². The van der Waals surface area contributed by atoms with Gasteiger partial charge in [-0.15, -0.1) is 0 Å². The highest BCUT2D eigenvalue weighted by molar-refractivity contribution is 7.99. The molecular weight excluding hydrogens is 266 g/mol. The van der Waals surface area contributed by atoms with E-state index in [2.05, 4.69) is 45.6 Å². The third-order valence-electron chi connectivity index (χ3n) is 4.61. The van der Waals surface area contributed by atoms with Gasteiger partial charge in [-0.3, -0.25) is 9.88 Å². The molecule has 2 aliphatic heterocycles. The second kappa shape index (κ2) is 6.92. The van der Waals surface area contributed by atoms with E-state index >= 15 is 0 Å². The number of aromatic nitrogens is 1. The second-order valence-corrected chi connectivity index (χ2v) is 7.15. The van der Waals surface area contributed by atoms with Crippen LogP contribution in [0, 0.1) is 5.92 Å². The molecule has 2 saturated heterocycles. The summed E-state index contributed by atoms with van der Waals surface area (Å²) < 4.78 is 0. The zero-order chi connectivity index (χ0) is 13.8. The molecular formula is C16H25N3S. The van der Waals surface area contributed by atoms with E-state index in [4.69, 9.17) is 0 Å². The molecule has 0 aromatic carbocycles. The van der Waals surface area contributed by atoms with Crippen molar-refractivity contribution in [3.05, 3.63) is 30.1 Å². The van der Waals surface area contributed by atoms with Crippen LogP contribution < -0.4 is 0 Å². The minimum atomic E-state index is 0.445. The standard InChI is InChI=1S/C16H25N3S/c1-14(16-4-2-3-6-17-16)19-9-7-18(8-10-19)12-15-5-11-20-13-15/h2-4,6,14-15H,5,7-13H2,1H3. The van der Waals surface area contributed by atoms with Crippen LogP contribution in [0.15, 0.2) is 24.4 Å². The summed E-state index contributed by atoms with van der Waals surface area (Å²) in [6.07, 6.45) is 3.33. The van der Waals surface area contributed by atoms with Crippen LogP contribution in [0.3, 0.4) is 0 Å². The number of hydrogen-bond donors (Lipinski definition) is 0. The van der Waals surface area contributed by atoms with Gasteiger partial charge in [-0.05, 0) is 42.9 Å². The number of rotatable bonds is 4. The maximum absolute atomic E-state index is 4.50. The third kappa shape index (κ3) is 3.54. The summed E-state index contributed by atoms with van der Waals surface area (Å²) in [6, 6.07) is 6.67. The fraction of sp³-hybridized carbons (Fsp3) is 0.688. The van der Waals surface area contributed by atoms with Crippen molar-refractivity contribution in [2.24, 2.45) is 5.92 Å². The molecule has 3 nitrogen and oxygen atoms in total. The van der Waals surface area contributed by atoms with E-state index in [1.54, 1.807) is 0 Å². The Balaban J connectivity index is 1.48. The summed E-state index contributed by atoms with van der Waals surface area (Å²) in [6.45, 7) is 8.40. The smallest absolute Gasteiger partial charge is 0.0572 e. The number of hydrogen-bond acceptors (Lipinski definition) is 4. The molecule has 0 radical (unpaired) electrons. The van der Waals surface area contributed by atoms with E-state index in [1.807, 2.05) is 12.3 Å². The normalized spacial score (nSPS) is 26.8. The van der Waals surface area contributed by atoms with Gasteiger partial charge in [0.15, 0.2) is 0 Å². The quantitative estimate of drug-likeness (QED) is 0.848. The van der Waals surface area contributed by atoms with Gasteiger partial charge in [0.1, 0.15) is 0 Å². The molecule has 3 rings (SSSR count). The number of nitrogens with zero attached hydrogens (tertiary/aromatic N) is 3.